The lowest BCUT2D eigenvalue weighted by molar-refractivity contribution is 0.0696. The first kappa shape index (κ1) is 13.1. The predicted molar refractivity (Wildman–Crippen MR) is 71.3 cm³/mol. The van der Waals surface area contributed by atoms with Gasteiger partial charge in [0, 0.05) is 18.7 Å². The van der Waals surface area contributed by atoms with Gasteiger partial charge >= 0.3 is 5.97 Å². The number of aromatic nitrogens is 2. The minimum absolute atomic E-state index is 0.0528. The van der Waals surface area contributed by atoms with E-state index in [1.807, 2.05) is 0 Å². The van der Waals surface area contributed by atoms with Crippen molar-refractivity contribution >= 4 is 17.6 Å². The summed E-state index contributed by atoms with van der Waals surface area (Å²) in [5, 5.41) is 16.8. The van der Waals surface area contributed by atoms with Gasteiger partial charge in [-0.2, -0.15) is 5.10 Å². The van der Waals surface area contributed by atoms with Crippen LogP contribution in [0.25, 0.3) is 11.3 Å². The second-order valence-corrected chi connectivity index (χ2v) is 4.91. The van der Waals surface area contributed by atoms with Crippen LogP contribution in [0.2, 0.25) is 5.02 Å². The number of nitrogens with zero attached hydrogens (tertiary/aromatic N) is 2. The minimum atomic E-state index is -1.05. The van der Waals surface area contributed by atoms with Gasteiger partial charge in [0.2, 0.25) is 0 Å². The van der Waals surface area contributed by atoms with Crippen molar-refractivity contribution in [2.45, 2.75) is 13.1 Å². The van der Waals surface area contributed by atoms with Crippen molar-refractivity contribution in [2.24, 2.45) is 0 Å². The van der Waals surface area contributed by atoms with Gasteiger partial charge in [-0.25, -0.2) is 9.18 Å². The maximum Gasteiger partial charge on any atom is 0.339 e. The van der Waals surface area contributed by atoms with Crippen LogP contribution in [-0.2, 0) is 13.1 Å². The molecule has 0 spiro atoms. The molecule has 2 heterocycles. The highest BCUT2D eigenvalue weighted by Gasteiger charge is 2.26. The molecule has 1 aliphatic rings. The molecule has 3 rings (SSSR count). The van der Waals surface area contributed by atoms with Crippen LogP contribution in [0.4, 0.5) is 4.39 Å². The van der Waals surface area contributed by atoms with Crippen LogP contribution in [0.1, 0.15) is 16.1 Å². The fourth-order valence-electron chi connectivity index (χ4n) is 2.32. The van der Waals surface area contributed by atoms with E-state index < -0.39 is 11.8 Å². The first-order valence-electron chi connectivity index (χ1n) is 6.07. The summed E-state index contributed by atoms with van der Waals surface area (Å²) in [7, 11) is 0. The van der Waals surface area contributed by atoms with Crippen LogP contribution in [0.15, 0.2) is 18.2 Å². The molecule has 20 heavy (non-hydrogen) atoms. The number of aromatic carboxylic acids is 1. The highest BCUT2D eigenvalue weighted by Crippen LogP contribution is 2.29. The summed E-state index contributed by atoms with van der Waals surface area (Å²) in [5.74, 6) is -1.59. The monoisotopic (exact) mass is 295 g/mol. The number of hydrogen-bond donors (Lipinski definition) is 2. The van der Waals surface area contributed by atoms with E-state index >= 15 is 0 Å². The van der Waals surface area contributed by atoms with Crippen LogP contribution < -0.4 is 5.32 Å². The summed E-state index contributed by atoms with van der Waals surface area (Å²) in [6.45, 7) is 1.78. The van der Waals surface area contributed by atoms with E-state index in [0.717, 1.165) is 6.54 Å². The molecule has 1 aromatic carbocycles. The van der Waals surface area contributed by atoms with Crippen molar-refractivity contribution in [1.82, 2.24) is 15.1 Å². The molecule has 0 saturated heterocycles. The summed E-state index contributed by atoms with van der Waals surface area (Å²) in [4.78, 5) is 11.5. The summed E-state index contributed by atoms with van der Waals surface area (Å²) in [5.41, 5.74) is 1.58. The number of carboxylic acids is 1. The molecule has 0 atom stereocenters. The van der Waals surface area contributed by atoms with Crippen LogP contribution in [0.5, 0.6) is 0 Å². The summed E-state index contributed by atoms with van der Waals surface area (Å²) in [6.07, 6.45) is 0. The van der Waals surface area contributed by atoms with Gasteiger partial charge in [-0.3, -0.25) is 4.68 Å². The lowest BCUT2D eigenvalue weighted by Crippen LogP contribution is -2.29. The van der Waals surface area contributed by atoms with Gasteiger partial charge in [0.1, 0.15) is 17.1 Å². The van der Waals surface area contributed by atoms with Gasteiger partial charge in [0.05, 0.1) is 17.3 Å². The van der Waals surface area contributed by atoms with E-state index in [-0.39, 0.29) is 10.6 Å². The van der Waals surface area contributed by atoms with E-state index in [2.05, 4.69) is 10.4 Å². The molecular weight excluding hydrogens is 285 g/mol. The molecule has 104 valence electrons. The maximum absolute atomic E-state index is 13.2. The van der Waals surface area contributed by atoms with Crippen molar-refractivity contribution in [3.05, 3.63) is 40.3 Å². The lowest BCUT2D eigenvalue weighted by atomic mass is 10.1. The van der Waals surface area contributed by atoms with Gasteiger partial charge in [-0.05, 0) is 18.2 Å². The number of rotatable bonds is 2. The fraction of sp³-hybridized carbons (Fsp3) is 0.231. The van der Waals surface area contributed by atoms with Crippen molar-refractivity contribution in [1.29, 1.82) is 0 Å². The zero-order valence-corrected chi connectivity index (χ0v) is 11.1. The second-order valence-electron chi connectivity index (χ2n) is 4.50. The smallest absolute Gasteiger partial charge is 0.339 e. The molecule has 0 radical (unpaired) electrons. The van der Waals surface area contributed by atoms with Crippen molar-refractivity contribution < 1.29 is 14.3 Å². The Kier molecular flexibility index (Phi) is 3.19. The van der Waals surface area contributed by atoms with Gasteiger partial charge in [-0.15, -0.1) is 0 Å². The first-order chi connectivity index (χ1) is 9.58. The number of halogens is 2. The molecule has 0 amide bonds. The average Bonchev–Trinajstić information content (AvgIpc) is 2.81. The zero-order valence-electron chi connectivity index (χ0n) is 10.4. The normalized spacial score (nSPS) is 14.1. The Morgan fingerprint density at radius 1 is 1.50 bits per heavy atom. The molecule has 0 saturated carbocycles. The number of nitrogens with one attached hydrogen (secondary N) is 1. The topological polar surface area (TPSA) is 67.1 Å². The van der Waals surface area contributed by atoms with Gasteiger partial charge < -0.3 is 10.4 Å². The number of fused-ring (bicyclic) bond motifs is 1. The Morgan fingerprint density at radius 2 is 2.30 bits per heavy atom. The number of carboxylic acid groups (broad SMARTS) is 1. The number of hydrogen-bond acceptors (Lipinski definition) is 3. The second kappa shape index (κ2) is 4.88. The van der Waals surface area contributed by atoms with Crippen LogP contribution in [0, 0.1) is 5.82 Å². The molecule has 1 aliphatic heterocycles. The molecule has 0 unspecified atom stereocenters. The standard InChI is InChI=1S/C13H11ClFN3O2/c14-8-5-7(1-2-9(8)15)12-11(13(19)20)10-6-16-3-4-18(10)17-12/h1-2,5,16H,3-4,6H2,(H,19,20). The van der Waals surface area contributed by atoms with Gasteiger partial charge in [-0.1, -0.05) is 11.6 Å². The Morgan fingerprint density at radius 3 is 3.00 bits per heavy atom. The Bertz CT molecular complexity index is 699. The highest BCUT2D eigenvalue weighted by molar-refractivity contribution is 6.31. The van der Waals surface area contributed by atoms with Crippen molar-refractivity contribution in [2.75, 3.05) is 6.54 Å². The van der Waals surface area contributed by atoms with E-state index in [1.54, 1.807) is 4.68 Å². The Hall–Kier alpha value is -1.92. The van der Waals surface area contributed by atoms with E-state index in [0.29, 0.717) is 30.0 Å². The van der Waals surface area contributed by atoms with Gasteiger partial charge in [0.15, 0.2) is 0 Å². The quantitative estimate of drug-likeness (QED) is 0.891. The lowest BCUT2D eigenvalue weighted by Gasteiger charge is -2.14. The van der Waals surface area contributed by atoms with Crippen molar-refractivity contribution in [3.8, 4) is 11.3 Å². The zero-order chi connectivity index (χ0) is 14.3. The Balaban J connectivity index is 2.19. The van der Waals surface area contributed by atoms with E-state index in [4.69, 9.17) is 11.6 Å². The SMILES string of the molecule is O=C(O)c1c(-c2ccc(F)c(Cl)c2)nn2c1CNCC2. The largest absolute Gasteiger partial charge is 0.478 e. The first-order valence-corrected chi connectivity index (χ1v) is 6.45. The van der Waals surface area contributed by atoms with Crippen LogP contribution in [0.3, 0.4) is 0 Å². The van der Waals surface area contributed by atoms with E-state index in [9.17, 15) is 14.3 Å². The Labute approximate surface area is 119 Å². The third kappa shape index (κ3) is 2.07. The minimum Gasteiger partial charge on any atom is -0.478 e. The van der Waals surface area contributed by atoms with Gasteiger partial charge in [0.25, 0.3) is 0 Å². The molecule has 1 aromatic heterocycles. The molecule has 2 N–H and O–H groups in total. The number of carbonyl (C=O) groups is 1. The summed E-state index contributed by atoms with van der Waals surface area (Å²) in [6, 6.07) is 4.08. The van der Waals surface area contributed by atoms with Crippen molar-refractivity contribution in [3.63, 3.8) is 0 Å². The molecule has 0 fully saturated rings. The molecule has 2 aromatic rings. The third-order valence-corrected chi connectivity index (χ3v) is 3.55. The average molecular weight is 296 g/mol. The third-order valence-electron chi connectivity index (χ3n) is 3.26. The maximum atomic E-state index is 13.2. The van der Waals surface area contributed by atoms with Crippen LogP contribution in [-0.4, -0.2) is 27.4 Å². The molecule has 7 heteroatoms. The fourth-order valence-corrected chi connectivity index (χ4v) is 2.50. The predicted octanol–water partition coefficient (Wildman–Crippen LogP) is 2.14. The summed E-state index contributed by atoms with van der Waals surface area (Å²) < 4.78 is 14.9. The van der Waals surface area contributed by atoms with E-state index in [1.165, 1.54) is 18.2 Å². The molecule has 0 aliphatic carbocycles. The number of benzene rings is 1. The molecule has 5 nitrogen and oxygen atoms in total. The summed E-state index contributed by atoms with van der Waals surface area (Å²) >= 11 is 5.75. The molecular formula is C13H11ClFN3O2. The highest BCUT2D eigenvalue weighted by atomic mass is 35.5. The molecule has 0 bridgehead atoms. The van der Waals surface area contributed by atoms with Crippen LogP contribution >= 0.6 is 11.6 Å².